The highest BCUT2D eigenvalue weighted by atomic mass is 35.5. The molecule has 0 atom stereocenters. The van der Waals surface area contributed by atoms with Crippen LogP contribution in [0.3, 0.4) is 0 Å². The summed E-state index contributed by atoms with van der Waals surface area (Å²) in [6.07, 6.45) is 2.66. The molecule has 1 aromatic rings. The van der Waals surface area contributed by atoms with E-state index in [0.717, 1.165) is 17.3 Å². The van der Waals surface area contributed by atoms with E-state index in [9.17, 15) is 4.79 Å². The predicted molar refractivity (Wildman–Crippen MR) is 61.5 cm³/mol. The molecule has 0 aliphatic rings. The molecule has 0 heterocycles. The number of halogens is 1. The van der Waals surface area contributed by atoms with Crippen LogP contribution in [0.4, 0.5) is 5.69 Å². The van der Waals surface area contributed by atoms with Crippen molar-refractivity contribution in [2.45, 2.75) is 6.92 Å². The van der Waals surface area contributed by atoms with Gasteiger partial charge in [-0.3, -0.25) is 0 Å². The van der Waals surface area contributed by atoms with E-state index in [2.05, 4.69) is 5.32 Å². The van der Waals surface area contributed by atoms with Gasteiger partial charge in [-0.2, -0.15) is 0 Å². The van der Waals surface area contributed by atoms with Gasteiger partial charge >= 0.3 is 5.97 Å². The normalized spacial score (nSPS) is 10.5. The smallest absolute Gasteiger partial charge is 0.328 e. The fourth-order valence-corrected chi connectivity index (χ4v) is 1.38. The molecule has 2 N–H and O–H groups in total. The second kappa shape index (κ2) is 5.41. The summed E-state index contributed by atoms with van der Waals surface area (Å²) in [4.78, 5) is 10.2. The number of nitrogens with one attached hydrogen (secondary N) is 1. The Hall–Kier alpha value is -1.48. The Labute approximate surface area is 93.4 Å². The molecule has 0 saturated heterocycles. The zero-order valence-corrected chi connectivity index (χ0v) is 9.08. The molecule has 3 nitrogen and oxygen atoms in total. The number of anilines is 1. The molecular formula is C11H12ClNO2. The number of aryl methyl sites for hydroxylation is 1. The third kappa shape index (κ3) is 4.04. The molecule has 1 aromatic carbocycles. The number of aliphatic carboxylic acids is 1. The van der Waals surface area contributed by atoms with Crippen LogP contribution in [0.2, 0.25) is 5.02 Å². The molecule has 0 fully saturated rings. The highest BCUT2D eigenvalue weighted by Crippen LogP contribution is 2.19. The quantitative estimate of drug-likeness (QED) is 0.775. The molecule has 0 aliphatic carbocycles. The first-order valence-electron chi connectivity index (χ1n) is 4.49. The van der Waals surface area contributed by atoms with Crippen LogP contribution in [0.15, 0.2) is 30.4 Å². The van der Waals surface area contributed by atoms with Crippen LogP contribution in [-0.4, -0.2) is 17.6 Å². The van der Waals surface area contributed by atoms with Gasteiger partial charge in [-0.15, -0.1) is 0 Å². The highest BCUT2D eigenvalue weighted by Gasteiger charge is 1.96. The lowest BCUT2D eigenvalue weighted by atomic mass is 10.2. The zero-order chi connectivity index (χ0) is 11.3. The Balaban J connectivity index is 2.54. The Morgan fingerprint density at radius 1 is 1.60 bits per heavy atom. The van der Waals surface area contributed by atoms with Crippen molar-refractivity contribution < 1.29 is 9.90 Å². The Bertz CT molecular complexity index is 388. The third-order valence-electron chi connectivity index (χ3n) is 1.86. The molecule has 0 unspecified atom stereocenters. The minimum Gasteiger partial charge on any atom is -0.478 e. The summed E-state index contributed by atoms with van der Waals surface area (Å²) < 4.78 is 0. The monoisotopic (exact) mass is 225 g/mol. The van der Waals surface area contributed by atoms with Crippen molar-refractivity contribution >= 4 is 23.3 Å². The van der Waals surface area contributed by atoms with Gasteiger partial charge < -0.3 is 10.4 Å². The van der Waals surface area contributed by atoms with Gasteiger partial charge in [0.05, 0.1) is 0 Å². The van der Waals surface area contributed by atoms with Gasteiger partial charge in [0.2, 0.25) is 0 Å². The second-order valence-electron chi connectivity index (χ2n) is 3.08. The number of rotatable bonds is 4. The van der Waals surface area contributed by atoms with E-state index < -0.39 is 5.97 Å². The molecule has 0 radical (unpaired) electrons. The van der Waals surface area contributed by atoms with Gasteiger partial charge in [-0.1, -0.05) is 17.7 Å². The standard InChI is InChI=1S/C11H12ClNO2/c1-8-7-9(12)4-5-10(8)13-6-2-3-11(14)15/h2-5,7,13H,6H2,1H3,(H,14,15)/b3-2+. The molecule has 0 aliphatic heterocycles. The molecule has 0 bridgehead atoms. The van der Waals surface area contributed by atoms with Crippen LogP contribution in [0.25, 0.3) is 0 Å². The lowest BCUT2D eigenvalue weighted by Gasteiger charge is -2.07. The van der Waals surface area contributed by atoms with Gasteiger partial charge in [-0.25, -0.2) is 4.79 Å². The first-order valence-corrected chi connectivity index (χ1v) is 4.87. The summed E-state index contributed by atoms with van der Waals surface area (Å²) in [6.45, 7) is 2.42. The number of carboxylic acid groups (broad SMARTS) is 1. The Morgan fingerprint density at radius 2 is 2.33 bits per heavy atom. The molecule has 1 rings (SSSR count). The van der Waals surface area contributed by atoms with Gasteiger partial charge in [-0.05, 0) is 30.7 Å². The molecule has 0 aromatic heterocycles. The van der Waals surface area contributed by atoms with Crippen molar-refractivity contribution in [3.63, 3.8) is 0 Å². The van der Waals surface area contributed by atoms with Crippen LogP contribution in [0, 0.1) is 6.92 Å². The fraction of sp³-hybridized carbons (Fsp3) is 0.182. The van der Waals surface area contributed by atoms with Crippen LogP contribution >= 0.6 is 11.6 Å². The van der Waals surface area contributed by atoms with E-state index in [4.69, 9.17) is 16.7 Å². The van der Waals surface area contributed by atoms with Crippen LogP contribution < -0.4 is 5.32 Å². The maximum atomic E-state index is 10.2. The van der Waals surface area contributed by atoms with E-state index in [1.165, 1.54) is 0 Å². The number of carboxylic acids is 1. The lowest BCUT2D eigenvalue weighted by Crippen LogP contribution is -2.00. The summed E-state index contributed by atoms with van der Waals surface area (Å²) in [5, 5.41) is 12.1. The average molecular weight is 226 g/mol. The van der Waals surface area contributed by atoms with Crippen molar-refractivity contribution in [3.8, 4) is 0 Å². The summed E-state index contributed by atoms with van der Waals surface area (Å²) >= 11 is 5.80. The van der Waals surface area contributed by atoms with Gasteiger partial charge in [0, 0.05) is 23.3 Å². The molecular weight excluding hydrogens is 214 g/mol. The van der Waals surface area contributed by atoms with E-state index in [1.54, 1.807) is 12.1 Å². The van der Waals surface area contributed by atoms with Crippen molar-refractivity contribution in [3.05, 3.63) is 40.9 Å². The van der Waals surface area contributed by atoms with Crippen molar-refractivity contribution in [1.29, 1.82) is 0 Å². The van der Waals surface area contributed by atoms with E-state index >= 15 is 0 Å². The first-order chi connectivity index (χ1) is 7.09. The van der Waals surface area contributed by atoms with E-state index in [1.807, 2.05) is 19.1 Å². The summed E-state index contributed by atoms with van der Waals surface area (Å²) in [6, 6.07) is 5.51. The molecule has 0 amide bonds. The largest absolute Gasteiger partial charge is 0.478 e. The van der Waals surface area contributed by atoms with Crippen LogP contribution in [-0.2, 0) is 4.79 Å². The first kappa shape index (κ1) is 11.6. The van der Waals surface area contributed by atoms with Crippen molar-refractivity contribution in [1.82, 2.24) is 0 Å². The SMILES string of the molecule is Cc1cc(Cl)ccc1NC/C=C/C(=O)O. The maximum absolute atomic E-state index is 10.2. The molecule has 0 saturated carbocycles. The Kier molecular flexibility index (Phi) is 4.18. The third-order valence-corrected chi connectivity index (χ3v) is 2.09. The van der Waals surface area contributed by atoms with E-state index in [-0.39, 0.29) is 0 Å². The van der Waals surface area contributed by atoms with Crippen LogP contribution in [0.1, 0.15) is 5.56 Å². The lowest BCUT2D eigenvalue weighted by molar-refractivity contribution is -0.131. The fourth-order valence-electron chi connectivity index (χ4n) is 1.15. The minimum atomic E-state index is -0.940. The Morgan fingerprint density at radius 3 is 2.93 bits per heavy atom. The van der Waals surface area contributed by atoms with Crippen molar-refractivity contribution in [2.75, 3.05) is 11.9 Å². The number of benzene rings is 1. The average Bonchev–Trinajstić information content (AvgIpc) is 2.14. The molecule has 4 heteroatoms. The zero-order valence-electron chi connectivity index (χ0n) is 8.33. The summed E-state index contributed by atoms with van der Waals surface area (Å²) in [5.41, 5.74) is 1.99. The van der Waals surface area contributed by atoms with Gasteiger partial charge in [0.25, 0.3) is 0 Å². The van der Waals surface area contributed by atoms with E-state index in [0.29, 0.717) is 11.6 Å². The maximum Gasteiger partial charge on any atom is 0.328 e. The van der Waals surface area contributed by atoms with Gasteiger partial charge in [0.1, 0.15) is 0 Å². The minimum absolute atomic E-state index is 0.481. The number of carbonyl (C=O) groups is 1. The van der Waals surface area contributed by atoms with Crippen LogP contribution in [0.5, 0.6) is 0 Å². The highest BCUT2D eigenvalue weighted by molar-refractivity contribution is 6.30. The molecule has 15 heavy (non-hydrogen) atoms. The van der Waals surface area contributed by atoms with Gasteiger partial charge in [0.15, 0.2) is 0 Å². The summed E-state index contributed by atoms with van der Waals surface area (Å²) in [5.74, 6) is -0.940. The topological polar surface area (TPSA) is 49.3 Å². The second-order valence-corrected chi connectivity index (χ2v) is 3.52. The number of hydrogen-bond donors (Lipinski definition) is 2. The van der Waals surface area contributed by atoms with Crippen molar-refractivity contribution in [2.24, 2.45) is 0 Å². The molecule has 0 spiro atoms. The summed E-state index contributed by atoms with van der Waals surface area (Å²) in [7, 11) is 0. The molecule has 80 valence electrons. The predicted octanol–water partition coefficient (Wildman–Crippen LogP) is 2.70. The number of hydrogen-bond acceptors (Lipinski definition) is 2.